The van der Waals surface area contributed by atoms with Gasteiger partial charge >= 0.3 is 0 Å². The molecule has 31 heavy (non-hydrogen) atoms. The van der Waals surface area contributed by atoms with Crippen molar-refractivity contribution in [3.8, 4) is 5.75 Å². The van der Waals surface area contributed by atoms with Crippen LogP contribution in [0.1, 0.15) is 36.0 Å². The van der Waals surface area contributed by atoms with Crippen LogP contribution in [-0.4, -0.2) is 41.5 Å². The summed E-state index contributed by atoms with van der Waals surface area (Å²) < 4.78 is 5.56. The molecule has 1 fully saturated rings. The summed E-state index contributed by atoms with van der Waals surface area (Å²) in [6.45, 7) is 1.96. The first-order valence-corrected chi connectivity index (χ1v) is 11.2. The quantitative estimate of drug-likeness (QED) is 0.436. The third kappa shape index (κ3) is 7.09. The Balaban J connectivity index is 1.37. The highest BCUT2D eigenvalue weighted by atomic mass is 35.5. The van der Waals surface area contributed by atoms with Gasteiger partial charge in [0.25, 0.3) is 5.91 Å². The summed E-state index contributed by atoms with van der Waals surface area (Å²) in [6, 6.07) is 12.0. The maximum atomic E-state index is 12.4. The lowest BCUT2D eigenvalue weighted by atomic mass is 10.2. The predicted octanol–water partition coefficient (Wildman–Crippen LogP) is 4.90. The first kappa shape index (κ1) is 23.3. The first-order chi connectivity index (χ1) is 14.9. The standard InChI is InChI=1S/C22H23Cl2N3O3S/c23-16-7-10-19(18(24)14-16)30-13-3-4-20(28)26-22(31)25-17-8-5-15(6-9-17)21(29)27-11-1-2-12-27/h5-10,14H,1-4,11-13H2,(H2,25,26,28,31). The molecular weight excluding hydrogens is 457 g/mol. The number of hydrogen-bond acceptors (Lipinski definition) is 4. The summed E-state index contributed by atoms with van der Waals surface area (Å²) >= 11 is 17.1. The number of nitrogens with one attached hydrogen (secondary N) is 2. The van der Waals surface area contributed by atoms with Gasteiger partial charge < -0.3 is 20.3 Å². The van der Waals surface area contributed by atoms with Crippen LogP contribution in [0, 0.1) is 0 Å². The van der Waals surface area contributed by atoms with Crippen molar-refractivity contribution >= 4 is 58.0 Å². The van der Waals surface area contributed by atoms with E-state index >= 15 is 0 Å². The number of amides is 2. The van der Waals surface area contributed by atoms with E-state index in [1.807, 2.05) is 4.90 Å². The molecular formula is C22H23Cl2N3O3S. The van der Waals surface area contributed by atoms with Crippen LogP contribution in [-0.2, 0) is 4.79 Å². The fourth-order valence-electron chi connectivity index (χ4n) is 3.16. The minimum absolute atomic E-state index is 0.0436. The van der Waals surface area contributed by atoms with E-state index in [9.17, 15) is 9.59 Å². The van der Waals surface area contributed by atoms with E-state index in [0.717, 1.165) is 25.9 Å². The molecule has 9 heteroatoms. The fourth-order valence-corrected chi connectivity index (χ4v) is 3.85. The third-order valence-corrected chi connectivity index (χ3v) is 5.47. The van der Waals surface area contributed by atoms with Crippen molar-refractivity contribution in [3.63, 3.8) is 0 Å². The smallest absolute Gasteiger partial charge is 0.253 e. The van der Waals surface area contributed by atoms with Gasteiger partial charge in [0.2, 0.25) is 5.91 Å². The van der Waals surface area contributed by atoms with Gasteiger partial charge in [-0.15, -0.1) is 0 Å². The molecule has 2 N–H and O–H groups in total. The lowest BCUT2D eigenvalue weighted by Crippen LogP contribution is -2.34. The second-order valence-corrected chi connectivity index (χ2v) is 8.36. The van der Waals surface area contributed by atoms with E-state index in [2.05, 4.69) is 10.6 Å². The predicted molar refractivity (Wildman–Crippen MR) is 127 cm³/mol. The second-order valence-electron chi connectivity index (χ2n) is 7.11. The van der Waals surface area contributed by atoms with Crippen LogP contribution in [0.2, 0.25) is 10.0 Å². The Bertz CT molecular complexity index is 948. The Morgan fingerprint density at radius 3 is 2.45 bits per heavy atom. The van der Waals surface area contributed by atoms with E-state index in [0.29, 0.717) is 40.1 Å². The maximum Gasteiger partial charge on any atom is 0.253 e. The summed E-state index contributed by atoms with van der Waals surface area (Å²) in [7, 11) is 0. The summed E-state index contributed by atoms with van der Waals surface area (Å²) in [5, 5.41) is 6.74. The van der Waals surface area contributed by atoms with Crippen LogP contribution in [0.5, 0.6) is 5.75 Å². The summed E-state index contributed by atoms with van der Waals surface area (Å²) in [5.41, 5.74) is 1.34. The lowest BCUT2D eigenvalue weighted by Gasteiger charge is -2.15. The van der Waals surface area contributed by atoms with Gasteiger partial charge in [-0.3, -0.25) is 9.59 Å². The van der Waals surface area contributed by atoms with Crippen LogP contribution in [0.3, 0.4) is 0 Å². The van der Waals surface area contributed by atoms with Crippen molar-refractivity contribution in [2.45, 2.75) is 25.7 Å². The monoisotopic (exact) mass is 479 g/mol. The third-order valence-electron chi connectivity index (χ3n) is 4.74. The normalized spacial score (nSPS) is 13.0. The molecule has 0 aliphatic carbocycles. The second kappa shape index (κ2) is 11.3. The van der Waals surface area contributed by atoms with Crippen LogP contribution in [0.15, 0.2) is 42.5 Å². The van der Waals surface area contributed by atoms with Crippen molar-refractivity contribution in [1.29, 1.82) is 0 Å². The topological polar surface area (TPSA) is 70.7 Å². The molecule has 0 saturated carbocycles. The Kier molecular flexibility index (Phi) is 8.51. The minimum atomic E-state index is -0.218. The molecule has 1 saturated heterocycles. The van der Waals surface area contributed by atoms with Gasteiger partial charge in [-0.25, -0.2) is 0 Å². The zero-order valence-corrected chi connectivity index (χ0v) is 19.2. The zero-order valence-electron chi connectivity index (χ0n) is 16.8. The number of benzene rings is 2. The number of rotatable bonds is 7. The number of nitrogens with zero attached hydrogens (tertiary/aromatic N) is 1. The van der Waals surface area contributed by atoms with Gasteiger partial charge in [0.1, 0.15) is 5.75 Å². The molecule has 0 bridgehead atoms. The highest BCUT2D eigenvalue weighted by Gasteiger charge is 2.19. The number of anilines is 1. The SMILES string of the molecule is O=C(CCCOc1ccc(Cl)cc1Cl)NC(=S)Nc1ccc(C(=O)N2CCCC2)cc1. The Morgan fingerprint density at radius 2 is 1.77 bits per heavy atom. The number of thiocarbonyl (C=S) groups is 1. The molecule has 2 aromatic rings. The molecule has 1 heterocycles. The van der Waals surface area contributed by atoms with E-state index in [1.165, 1.54) is 0 Å². The number of likely N-dealkylation sites (tertiary alicyclic amines) is 1. The molecule has 0 spiro atoms. The van der Waals surface area contributed by atoms with Gasteiger partial charge in [-0.1, -0.05) is 23.2 Å². The van der Waals surface area contributed by atoms with E-state index < -0.39 is 0 Å². The largest absolute Gasteiger partial charge is 0.492 e. The molecule has 0 radical (unpaired) electrons. The average Bonchev–Trinajstić information content (AvgIpc) is 3.27. The van der Waals surface area contributed by atoms with Gasteiger partial charge in [-0.05, 0) is 73.9 Å². The summed E-state index contributed by atoms with van der Waals surface area (Å²) in [4.78, 5) is 26.3. The first-order valence-electron chi connectivity index (χ1n) is 10.0. The van der Waals surface area contributed by atoms with Gasteiger partial charge in [0.15, 0.2) is 5.11 Å². The number of carbonyl (C=O) groups excluding carboxylic acids is 2. The highest BCUT2D eigenvalue weighted by Crippen LogP contribution is 2.27. The molecule has 0 atom stereocenters. The maximum absolute atomic E-state index is 12.4. The van der Waals surface area contributed by atoms with Crippen molar-refractivity contribution in [1.82, 2.24) is 10.2 Å². The zero-order chi connectivity index (χ0) is 22.2. The van der Waals surface area contributed by atoms with Crippen molar-refractivity contribution < 1.29 is 14.3 Å². The summed E-state index contributed by atoms with van der Waals surface area (Å²) in [5.74, 6) is 0.349. The van der Waals surface area contributed by atoms with Gasteiger partial charge in [-0.2, -0.15) is 0 Å². The van der Waals surface area contributed by atoms with Crippen molar-refractivity contribution in [2.24, 2.45) is 0 Å². The molecule has 164 valence electrons. The van der Waals surface area contributed by atoms with Crippen LogP contribution < -0.4 is 15.4 Å². The number of carbonyl (C=O) groups is 2. The Hall–Kier alpha value is -2.35. The number of ether oxygens (including phenoxy) is 1. The van der Waals surface area contributed by atoms with E-state index in [1.54, 1.807) is 42.5 Å². The summed E-state index contributed by atoms with van der Waals surface area (Å²) in [6.07, 6.45) is 2.86. The van der Waals surface area contributed by atoms with E-state index in [-0.39, 0.29) is 23.3 Å². The Labute approximate surface area is 196 Å². The Morgan fingerprint density at radius 1 is 1.06 bits per heavy atom. The molecule has 0 aromatic heterocycles. The molecule has 2 amide bonds. The minimum Gasteiger partial charge on any atom is -0.492 e. The molecule has 6 nitrogen and oxygen atoms in total. The lowest BCUT2D eigenvalue weighted by molar-refractivity contribution is -0.119. The number of hydrogen-bond donors (Lipinski definition) is 2. The van der Waals surface area contributed by atoms with E-state index in [4.69, 9.17) is 40.2 Å². The molecule has 1 aliphatic rings. The van der Waals surface area contributed by atoms with Crippen molar-refractivity contribution in [3.05, 3.63) is 58.1 Å². The fraction of sp³-hybridized carbons (Fsp3) is 0.318. The molecule has 3 rings (SSSR count). The van der Waals surface area contributed by atoms with Crippen LogP contribution in [0.25, 0.3) is 0 Å². The van der Waals surface area contributed by atoms with Crippen LogP contribution in [0.4, 0.5) is 5.69 Å². The molecule has 1 aliphatic heterocycles. The van der Waals surface area contributed by atoms with Gasteiger partial charge in [0.05, 0.1) is 11.6 Å². The number of halogens is 2. The van der Waals surface area contributed by atoms with Gasteiger partial charge in [0, 0.05) is 35.8 Å². The highest BCUT2D eigenvalue weighted by molar-refractivity contribution is 7.80. The average molecular weight is 480 g/mol. The van der Waals surface area contributed by atoms with Crippen molar-refractivity contribution in [2.75, 3.05) is 25.0 Å². The molecule has 2 aromatic carbocycles. The molecule has 0 unspecified atom stereocenters. The van der Waals surface area contributed by atoms with Crippen LogP contribution >= 0.6 is 35.4 Å².